The molecule has 1 rings (SSSR count). The summed E-state index contributed by atoms with van der Waals surface area (Å²) in [6, 6.07) is 2.98. The molecular formula is C23H40O4. The summed E-state index contributed by atoms with van der Waals surface area (Å²) in [6.45, 7) is 2.26. The first-order chi connectivity index (χ1) is 13.2. The first-order valence-corrected chi connectivity index (χ1v) is 10.8. The van der Waals surface area contributed by atoms with Gasteiger partial charge >= 0.3 is 0 Å². The Morgan fingerprint density at radius 1 is 0.852 bits per heavy atom. The third kappa shape index (κ3) is 12.0. The van der Waals surface area contributed by atoms with Crippen LogP contribution in [0, 0.1) is 0 Å². The van der Waals surface area contributed by atoms with Crippen molar-refractivity contribution in [2.75, 3.05) is 14.2 Å². The summed E-state index contributed by atoms with van der Waals surface area (Å²) < 4.78 is 16.6. The molecule has 2 unspecified atom stereocenters. The fourth-order valence-corrected chi connectivity index (χ4v) is 3.52. The van der Waals surface area contributed by atoms with Crippen molar-refractivity contribution in [3.05, 3.63) is 34.4 Å². The first kappa shape index (κ1) is 23.9. The molecule has 1 aromatic rings. The lowest BCUT2D eigenvalue weighted by atomic mass is 10.0. The monoisotopic (exact) mass is 380 g/mol. The van der Waals surface area contributed by atoms with E-state index in [4.69, 9.17) is 13.9 Å². The maximum absolute atomic E-state index is 11.4. The van der Waals surface area contributed by atoms with E-state index in [1.807, 2.05) is 7.11 Å². The van der Waals surface area contributed by atoms with Crippen molar-refractivity contribution >= 4 is 0 Å². The molecule has 0 saturated carbocycles. The standard InChI is InChI=1S/C23H40O4/c1-4-5-6-7-8-9-10-11-13-21(25-2)14-12-15-22(26-3)19-23-18-20(24)16-17-27-23/h16-18,21-22H,4-15,19H2,1-3H3. The van der Waals surface area contributed by atoms with Crippen molar-refractivity contribution in [3.63, 3.8) is 0 Å². The predicted octanol–water partition coefficient (Wildman–Crippen LogP) is 5.91. The van der Waals surface area contributed by atoms with E-state index in [-0.39, 0.29) is 11.5 Å². The van der Waals surface area contributed by atoms with Crippen LogP contribution >= 0.6 is 0 Å². The Kier molecular flexibility index (Phi) is 14.1. The maximum atomic E-state index is 11.4. The number of methoxy groups -OCH3 is 2. The number of hydrogen-bond acceptors (Lipinski definition) is 4. The van der Waals surface area contributed by atoms with Crippen LogP contribution in [0.5, 0.6) is 0 Å². The molecule has 0 saturated heterocycles. The Hall–Kier alpha value is -1.13. The molecule has 1 aromatic heterocycles. The number of ether oxygens (including phenoxy) is 2. The summed E-state index contributed by atoms with van der Waals surface area (Å²) in [5.41, 5.74) is -0.0177. The smallest absolute Gasteiger partial charge is 0.185 e. The Bertz CT molecular complexity index is 511. The molecule has 0 aromatic carbocycles. The van der Waals surface area contributed by atoms with Crippen molar-refractivity contribution < 1.29 is 13.9 Å². The van der Waals surface area contributed by atoms with Crippen LogP contribution in [0.1, 0.15) is 89.7 Å². The second-order valence-electron chi connectivity index (χ2n) is 7.55. The lowest BCUT2D eigenvalue weighted by Gasteiger charge is -2.18. The van der Waals surface area contributed by atoms with Crippen LogP contribution in [-0.4, -0.2) is 26.4 Å². The number of rotatable bonds is 17. The van der Waals surface area contributed by atoms with Gasteiger partial charge in [-0.25, -0.2) is 0 Å². The van der Waals surface area contributed by atoms with Gasteiger partial charge in [0.1, 0.15) is 5.76 Å². The Balaban J connectivity index is 2.14. The van der Waals surface area contributed by atoms with E-state index in [9.17, 15) is 4.79 Å². The molecule has 4 nitrogen and oxygen atoms in total. The van der Waals surface area contributed by atoms with Crippen LogP contribution in [-0.2, 0) is 15.9 Å². The van der Waals surface area contributed by atoms with Gasteiger partial charge in [-0.3, -0.25) is 4.79 Å². The molecule has 0 spiro atoms. The highest BCUT2D eigenvalue weighted by Crippen LogP contribution is 2.17. The average molecular weight is 381 g/mol. The molecule has 1 heterocycles. The lowest BCUT2D eigenvalue weighted by molar-refractivity contribution is 0.0646. The van der Waals surface area contributed by atoms with Crippen molar-refractivity contribution in [1.29, 1.82) is 0 Å². The van der Waals surface area contributed by atoms with Crippen molar-refractivity contribution in [2.24, 2.45) is 0 Å². The van der Waals surface area contributed by atoms with Gasteiger partial charge in [0.2, 0.25) is 0 Å². The fraction of sp³-hybridized carbons (Fsp3) is 0.783. The van der Waals surface area contributed by atoms with Gasteiger partial charge in [-0.05, 0) is 25.7 Å². The van der Waals surface area contributed by atoms with Crippen molar-refractivity contribution in [2.45, 2.75) is 103 Å². The second-order valence-corrected chi connectivity index (χ2v) is 7.55. The van der Waals surface area contributed by atoms with E-state index in [0.717, 1.165) is 25.7 Å². The zero-order valence-corrected chi connectivity index (χ0v) is 17.7. The molecule has 2 atom stereocenters. The van der Waals surface area contributed by atoms with E-state index < -0.39 is 0 Å². The number of hydrogen-bond donors (Lipinski definition) is 0. The highest BCUT2D eigenvalue weighted by atomic mass is 16.5. The third-order valence-electron chi connectivity index (χ3n) is 5.28. The van der Waals surface area contributed by atoms with E-state index in [0.29, 0.717) is 18.3 Å². The van der Waals surface area contributed by atoms with E-state index in [1.165, 1.54) is 63.7 Å². The molecule has 0 amide bonds. The molecule has 0 aliphatic rings. The summed E-state index contributed by atoms with van der Waals surface area (Å²) >= 11 is 0. The molecule has 4 heteroatoms. The summed E-state index contributed by atoms with van der Waals surface area (Å²) in [5.74, 6) is 0.691. The summed E-state index contributed by atoms with van der Waals surface area (Å²) in [6.07, 6.45) is 17.5. The molecule has 0 aliphatic heterocycles. The maximum Gasteiger partial charge on any atom is 0.185 e. The molecule has 0 aliphatic carbocycles. The zero-order valence-electron chi connectivity index (χ0n) is 17.7. The molecule has 0 bridgehead atoms. The van der Waals surface area contributed by atoms with E-state index in [1.54, 1.807) is 13.2 Å². The Morgan fingerprint density at radius 3 is 2.07 bits per heavy atom. The molecule has 0 fully saturated rings. The van der Waals surface area contributed by atoms with Gasteiger partial charge in [-0.15, -0.1) is 0 Å². The zero-order chi connectivity index (χ0) is 19.7. The first-order valence-electron chi connectivity index (χ1n) is 10.8. The van der Waals surface area contributed by atoms with Crippen LogP contribution in [0.25, 0.3) is 0 Å². The molecule has 156 valence electrons. The van der Waals surface area contributed by atoms with Crippen molar-refractivity contribution in [3.8, 4) is 0 Å². The van der Waals surface area contributed by atoms with Gasteiger partial charge in [0, 0.05) is 32.8 Å². The number of unbranched alkanes of at least 4 members (excludes halogenated alkanes) is 7. The van der Waals surface area contributed by atoms with Crippen LogP contribution in [0.2, 0.25) is 0 Å². The molecule has 0 N–H and O–H groups in total. The second kappa shape index (κ2) is 15.9. The van der Waals surface area contributed by atoms with Gasteiger partial charge in [-0.1, -0.05) is 58.3 Å². The van der Waals surface area contributed by atoms with E-state index >= 15 is 0 Å². The predicted molar refractivity (Wildman–Crippen MR) is 111 cm³/mol. The third-order valence-corrected chi connectivity index (χ3v) is 5.28. The topological polar surface area (TPSA) is 48.7 Å². The van der Waals surface area contributed by atoms with Gasteiger partial charge in [0.15, 0.2) is 5.43 Å². The largest absolute Gasteiger partial charge is 0.469 e. The minimum atomic E-state index is -0.0177. The van der Waals surface area contributed by atoms with Gasteiger partial charge in [0.25, 0.3) is 0 Å². The quantitative estimate of drug-likeness (QED) is 0.315. The van der Waals surface area contributed by atoms with Crippen molar-refractivity contribution in [1.82, 2.24) is 0 Å². The fourth-order valence-electron chi connectivity index (χ4n) is 3.52. The van der Waals surface area contributed by atoms with E-state index in [2.05, 4.69) is 6.92 Å². The van der Waals surface area contributed by atoms with Crippen LogP contribution in [0.4, 0.5) is 0 Å². The average Bonchev–Trinajstić information content (AvgIpc) is 2.67. The van der Waals surface area contributed by atoms with Crippen LogP contribution in [0.3, 0.4) is 0 Å². The molecule has 0 radical (unpaired) electrons. The summed E-state index contributed by atoms with van der Waals surface area (Å²) in [4.78, 5) is 11.4. The summed E-state index contributed by atoms with van der Waals surface area (Å²) in [5, 5.41) is 0. The molecule has 27 heavy (non-hydrogen) atoms. The van der Waals surface area contributed by atoms with Crippen LogP contribution in [0.15, 0.2) is 27.6 Å². The SMILES string of the molecule is CCCCCCCCCCC(CCCC(Cc1cc(=O)cco1)OC)OC. The minimum absolute atomic E-state index is 0.0177. The highest BCUT2D eigenvalue weighted by Gasteiger charge is 2.13. The minimum Gasteiger partial charge on any atom is -0.469 e. The summed E-state index contributed by atoms with van der Waals surface area (Å²) in [7, 11) is 3.54. The Morgan fingerprint density at radius 2 is 1.44 bits per heavy atom. The van der Waals surface area contributed by atoms with Gasteiger partial charge in [-0.2, -0.15) is 0 Å². The van der Waals surface area contributed by atoms with Gasteiger partial charge < -0.3 is 13.9 Å². The van der Waals surface area contributed by atoms with Crippen LogP contribution < -0.4 is 5.43 Å². The Labute approximate surface area is 165 Å². The van der Waals surface area contributed by atoms with Gasteiger partial charge in [0.05, 0.1) is 18.5 Å². The normalized spacial score (nSPS) is 13.6. The molecular weight excluding hydrogens is 340 g/mol. The lowest BCUT2D eigenvalue weighted by Crippen LogP contribution is -2.17. The highest BCUT2D eigenvalue weighted by molar-refractivity contribution is 5.01.